The molecule has 0 aliphatic carbocycles. The molecular formula is C8H14N2O4S. The van der Waals surface area contributed by atoms with Gasteiger partial charge in [-0.2, -0.15) is 12.6 Å². The highest BCUT2D eigenvalue weighted by molar-refractivity contribution is 7.80. The monoisotopic (exact) mass is 234 g/mol. The largest absolute Gasteiger partial charge is 0.480 e. The van der Waals surface area contributed by atoms with Crippen molar-refractivity contribution < 1.29 is 19.5 Å². The summed E-state index contributed by atoms with van der Waals surface area (Å²) in [6.45, 7) is 0. The minimum atomic E-state index is -1.17. The molecule has 0 radical (unpaired) electrons. The van der Waals surface area contributed by atoms with Gasteiger partial charge in [0.2, 0.25) is 5.91 Å². The second-order valence-electron chi connectivity index (χ2n) is 2.93. The van der Waals surface area contributed by atoms with Crippen LogP contribution in [0.5, 0.6) is 0 Å². The summed E-state index contributed by atoms with van der Waals surface area (Å²) < 4.78 is 0. The van der Waals surface area contributed by atoms with Crippen molar-refractivity contribution in [3.05, 3.63) is 0 Å². The molecule has 0 aromatic carbocycles. The lowest BCUT2D eigenvalue weighted by atomic mass is 10.1. The van der Waals surface area contributed by atoms with Gasteiger partial charge in [-0.1, -0.05) is 0 Å². The first-order chi connectivity index (χ1) is 7.02. The maximum atomic E-state index is 11.3. The fourth-order valence-corrected chi connectivity index (χ4v) is 1.09. The Morgan fingerprint density at radius 3 is 2.53 bits per heavy atom. The summed E-state index contributed by atoms with van der Waals surface area (Å²) in [6, 6.07) is -1.92. The number of carboxylic acid groups (broad SMARTS) is 1. The molecule has 0 aromatic heterocycles. The second-order valence-corrected chi connectivity index (χ2v) is 3.30. The lowest BCUT2D eigenvalue weighted by Gasteiger charge is -2.15. The van der Waals surface area contributed by atoms with Gasteiger partial charge in [-0.25, -0.2) is 4.79 Å². The summed E-state index contributed by atoms with van der Waals surface area (Å²) in [5, 5.41) is 10.8. The average Bonchev–Trinajstić information content (AvgIpc) is 2.21. The normalized spacial score (nSPS) is 14.0. The third-order valence-electron chi connectivity index (χ3n) is 1.73. The lowest BCUT2D eigenvalue weighted by Crippen LogP contribution is -2.49. The molecular weight excluding hydrogens is 220 g/mol. The van der Waals surface area contributed by atoms with Crippen molar-refractivity contribution in [3.8, 4) is 0 Å². The van der Waals surface area contributed by atoms with Crippen LogP contribution < -0.4 is 11.1 Å². The van der Waals surface area contributed by atoms with Crippen LogP contribution in [0.3, 0.4) is 0 Å². The van der Waals surface area contributed by atoms with Gasteiger partial charge in [0.05, 0.1) is 6.04 Å². The van der Waals surface area contributed by atoms with Crippen LogP contribution >= 0.6 is 12.6 Å². The smallest absolute Gasteiger partial charge is 0.327 e. The lowest BCUT2D eigenvalue weighted by molar-refractivity contribution is -0.141. The number of aldehydes is 1. The fraction of sp³-hybridized carbons (Fsp3) is 0.625. The van der Waals surface area contributed by atoms with Crippen molar-refractivity contribution in [2.75, 3.05) is 5.75 Å². The number of aliphatic carboxylic acids is 1. The maximum Gasteiger partial charge on any atom is 0.327 e. The van der Waals surface area contributed by atoms with E-state index in [1.807, 2.05) is 0 Å². The van der Waals surface area contributed by atoms with Gasteiger partial charge >= 0.3 is 5.97 Å². The number of rotatable bonds is 7. The summed E-state index contributed by atoms with van der Waals surface area (Å²) in [4.78, 5) is 31.8. The minimum absolute atomic E-state index is 0.0124. The molecule has 0 aliphatic heterocycles. The van der Waals surface area contributed by atoms with Gasteiger partial charge in [-0.3, -0.25) is 4.79 Å². The van der Waals surface area contributed by atoms with Crippen molar-refractivity contribution in [1.82, 2.24) is 5.32 Å². The quantitative estimate of drug-likeness (QED) is 0.326. The molecule has 0 saturated carbocycles. The van der Waals surface area contributed by atoms with E-state index in [2.05, 4.69) is 17.9 Å². The van der Waals surface area contributed by atoms with Crippen molar-refractivity contribution in [3.63, 3.8) is 0 Å². The van der Waals surface area contributed by atoms with E-state index >= 15 is 0 Å². The van der Waals surface area contributed by atoms with E-state index in [0.717, 1.165) is 0 Å². The maximum absolute atomic E-state index is 11.3. The SMILES string of the molecule is N[C@@H](CCC=O)C(=O)N[C@@H](CS)C(=O)O. The summed E-state index contributed by atoms with van der Waals surface area (Å²) in [6.07, 6.45) is 1.03. The van der Waals surface area contributed by atoms with E-state index < -0.39 is 24.0 Å². The van der Waals surface area contributed by atoms with Crippen LogP contribution in [0.2, 0.25) is 0 Å². The van der Waals surface area contributed by atoms with Gasteiger partial charge in [-0.15, -0.1) is 0 Å². The molecule has 86 valence electrons. The first-order valence-electron chi connectivity index (χ1n) is 4.36. The molecule has 6 nitrogen and oxygen atoms in total. The van der Waals surface area contributed by atoms with Gasteiger partial charge in [0.1, 0.15) is 12.3 Å². The van der Waals surface area contributed by atoms with Crippen LogP contribution in [0.1, 0.15) is 12.8 Å². The highest BCUT2D eigenvalue weighted by Crippen LogP contribution is 1.95. The van der Waals surface area contributed by atoms with Gasteiger partial charge in [0.25, 0.3) is 0 Å². The van der Waals surface area contributed by atoms with Gasteiger partial charge < -0.3 is 21.0 Å². The molecule has 0 aromatic rings. The number of hydrogen-bond acceptors (Lipinski definition) is 5. The van der Waals surface area contributed by atoms with E-state index in [4.69, 9.17) is 10.8 Å². The number of carbonyl (C=O) groups excluding carboxylic acids is 2. The average molecular weight is 234 g/mol. The first kappa shape index (κ1) is 13.9. The Balaban J connectivity index is 4.09. The molecule has 0 unspecified atom stereocenters. The molecule has 15 heavy (non-hydrogen) atoms. The number of thiol groups is 1. The Hall–Kier alpha value is -1.08. The highest BCUT2D eigenvalue weighted by atomic mass is 32.1. The fourth-order valence-electron chi connectivity index (χ4n) is 0.843. The van der Waals surface area contributed by atoms with E-state index in [1.54, 1.807) is 0 Å². The molecule has 4 N–H and O–H groups in total. The van der Waals surface area contributed by atoms with E-state index in [0.29, 0.717) is 6.29 Å². The van der Waals surface area contributed by atoms with Crippen molar-refractivity contribution in [1.29, 1.82) is 0 Å². The zero-order chi connectivity index (χ0) is 11.8. The molecule has 0 fully saturated rings. The zero-order valence-corrected chi connectivity index (χ0v) is 8.94. The number of amides is 1. The standard InChI is InChI=1S/C8H14N2O4S/c9-5(2-1-3-11)7(12)10-6(4-15)8(13)14/h3,5-6,15H,1-2,4,9H2,(H,10,12)(H,13,14)/t5-,6-/m0/s1. The zero-order valence-electron chi connectivity index (χ0n) is 8.05. The topological polar surface area (TPSA) is 109 Å². The second kappa shape index (κ2) is 7.24. The number of nitrogens with one attached hydrogen (secondary N) is 1. The first-order valence-corrected chi connectivity index (χ1v) is 4.99. The molecule has 2 atom stereocenters. The van der Waals surface area contributed by atoms with Gasteiger partial charge in [0.15, 0.2) is 0 Å². The number of carboxylic acids is 1. The van der Waals surface area contributed by atoms with Gasteiger partial charge in [0, 0.05) is 12.2 Å². The molecule has 1 amide bonds. The Morgan fingerprint density at radius 2 is 2.13 bits per heavy atom. The van der Waals surface area contributed by atoms with Gasteiger partial charge in [-0.05, 0) is 6.42 Å². The summed E-state index contributed by atoms with van der Waals surface area (Å²) in [5.41, 5.74) is 5.42. The van der Waals surface area contributed by atoms with Crippen molar-refractivity contribution in [2.24, 2.45) is 5.73 Å². The number of hydrogen-bond donors (Lipinski definition) is 4. The molecule has 0 aliphatic rings. The van der Waals surface area contributed by atoms with Crippen LogP contribution in [0.25, 0.3) is 0 Å². The third kappa shape index (κ3) is 5.38. The Bertz CT molecular complexity index is 247. The molecule has 7 heteroatoms. The molecule has 0 spiro atoms. The van der Waals surface area contributed by atoms with Crippen LogP contribution in [-0.4, -0.2) is 41.1 Å². The van der Waals surface area contributed by atoms with E-state index in [1.165, 1.54) is 0 Å². The van der Waals surface area contributed by atoms with Crippen molar-refractivity contribution in [2.45, 2.75) is 24.9 Å². The number of nitrogens with two attached hydrogens (primary N) is 1. The van der Waals surface area contributed by atoms with E-state index in [9.17, 15) is 14.4 Å². The Morgan fingerprint density at radius 1 is 1.53 bits per heavy atom. The highest BCUT2D eigenvalue weighted by Gasteiger charge is 2.21. The van der Waals surface area contributed by atoms with Crippen LogP contribution in [0.4, 0.5) is 0 Å². The third-order valence-corrected chi connectivity index (χ3v) is 2.09. The minimum Gasteiger partial charge on any atom is -0.480 e. The van der Waals surface area contributed by atoms with Crippen LogP contribution in [0, 0.1) is 0 Å². The molecule has 0 saturated heterocycles. The number of carbonyl (C=O) groups is 3. The van der Waals surface area contributed by atoms with Crippen LogP contribution in [0.15, 0.2) is 0 Å². The Kier molecular flexibility index (Phi) is 6.72. The molecule has 0 rings (SSSR count). The predicted molar refractivity (Wildman–Crippen MR) is 56.7 cm³/mol. The summed E-state index contributed by atoms with van der Waals surface area (Å²) >= 11 is 3.78. The van der Waals surface area contributed by atoms with Crippen molar-refractivity contribution >= 4 is 30.8 Å². The molecule has 0 bridgehead atoms. The van der Waals surface area contributed by atoms with E-state index in [-0.39, 0.29) is 18.6 Å². The summed E-state index contributed by atoms with van der Waals surface area (Å²) in [5.74, 6) is -1.76. The Labute approximate surface area is 92.6 Å². The summed E-state index contributed by atoms with van der Waals surface area (Å²) in [7, 11) is 0. The molecule has 0 heterocycles. The predicted octanol–water partition coefficient (Wildman–Crippen LogP) is -1.21. The van der Waals surface area contributed by atoms with Crippen LogP contribution in [-0.2, 0) is 14.4 Å².